The number of carbonyl (C=O) groups is 2. The summed E-state index contributed by atoms with van der Waals surface area (Å²) in [4.78, 5) is 33.7. The topological polar surface area (TPSA) is 73.9 Å². The van der Waals surface area contributed by atoms with Gasteiger partial charge >= 0.3 is 12.1 Å². The molecule has 154 valence electrons. The molecule has 1 saturated heterocycles. The minimum absolute atomic E-state index is 0.242. The van der Waals surface area contributed by atoms with Crippen LogP contribution in [0.2, 0.25) is 10.0 Å². The van der Waals surface area contributed by atoms with Gasteiger partial charge in [0.2, 0.25) is 0 Å². The molecule has 0 aromatic heterocycles. The first-order chi connectivity index (χ1) is 13.6. The van der Waals surface area contributed by atoms with E-state index < -0.39 is 17.3 Å². The average molecular weight is 437 g/mol. The van der Waals surface area contributed by atoms with E-state index in [4.69, 9.17) is 28.0 Å². The Morgan fingerprint density at radius 2 is 1.48 bits per heavy atom. The van der Waals surface area contributed by atoms with E-state index in [9.17, 15) is 9.59 Å². The molecule has 0 spiro atoms. The summed E-state index contributed by atoms with van der Waals surface area (Å²) in [5, 5.41) is 3.72. The first-order valence-corrected chi connectivity index (χ1v) is 9.66. The maximum atomic E-state index is 13.0. The molecule has 3 rings (SSSR count). The van der Waals surface area contributed by atoms with Crippen molar-refractivity contribution < 1.29 is 14.4 Å². The van der Waals surface area contributed by atoms with Crippen LogP contribution in [-0.4, -0.2) is 35.3 Å². The molecule has 29 heavy (non-hydrogen) atoms. The lowest BCUT2D eigenvalue weighted by molar-refractivity contribution is 0.00468. The van der Waals surface area contributed by atoms with Crippen LogP contribution in [0, 0.1) is 0 Å². The second kappa shape index (κ2) is 7.74. The van der Waals surface area contributed by atoms with E-state index in [1.54, 1.807) is 72.3 Å². The number of likely N-dealkylation sites (N-methyl/N-ethyl adjacent to an activating group) is 1. The fraction of sp³-hybridized carbons (Fsp3) is 0.300. The fourth-order valence-electron chi connectivity index (χ4n) is 3.13. The molecule has 1 aliphatic rings. The molecule has 3 amide bonds. The number of halogens is 2. The van der Waals surface area contributed by atoms with E-state index >= 15 is 0 Å². The largest absolute Gasteiger partial charge is 0.430 e. The van der Waals surface area contributed by atoms with Crippen LogP contribution in [0.15, 0.2) is 48.5 Å². The molecule has 2 aromatic rings. The third-order valence-electron chi connectivity index (χ3n) is 5.47. The number of carbonyl (C=O) groups excluding carboxylic acids is 2. The molecule has 1 unspecified atom stereocenters. The number of anilines is 2. The highest BCUT2D eigenvalue weighted by molar-refractivity contribution is 6.31. The van der Waals surface area contributed by atoms with Gasteiger partial charge in [-0.2, -0.15) is 0 Å². The minimum Gasteiger partial charge on any atom is -0.351 e. The van der Waals surface area contributed by atoms with Gasteiger partial charge in [0.1, 0.15) is 0 Å². The van der Waals surface area contributed by atoms with Gasteiger partial charge in [-0.05, 0) is 69.3 Å². The Balaban J connectivity index is 1.82. The Morgan fingerprint density at radius 3 is 2.03 bits per heavy atom. The summed E-state index contributed by atoms with van der Waals surface area (Å²) in [5.74, 6) is 0. The van der Waals surface area contributed by atoms with Gasteiger partial charge in [0, 0.05) is 28.5 Å². The SMILES string of the molecule is CN1C(=O)N(c2ccc(Cl)cc2)C(C)(NOC(=O)Nc2ccc(Cl)cc2)C1(C)C. The lowest BCUT2D eigenvalue weighted by Crippen LogP contribution is -2.65. The van der Waals surface area contributed by atoms with Gasteiger partial charge in [0.05, 0.1) is 5.54 Å². The molecule has 0 radical (unpaired) electrons. The van der Waals surface area contributed by atoms with Crippen LogP contribution in [0.1, 0.15) is 20.8 Å². The third-order valence-corrected chi connectivity index (χ3v) is 5.98. The van der Waals surface area contributed by atoms with E-state index in [1.165, 1.54) is 0 Å². The van der Waals surface area contributed by atoms with Crippen LogP contribution in [0.4, 0.5) is 21.0 Å². The Hall–Kier alpha value is -2.48. The normalized spacial score (nSPS) is 20.7. The van der Waals surface area contributed by atoms with Crippen molar-refractivity contribution in [2.45, 2.75) is 32.0 Å². The van der Waals surface area contributed by atoms with Gasteiger partial charge < -0.3 is 9.74 Å². The summed E-state index contributed by atoms with van der Waals surface area (Å²) >= 11 is 11.8. The Bertz CT molecular complexity index is 918. The van der Waals surface area contributed by atoms with Crippen LogP contribution in [0.3, 0.4) is 0 Å². The molecule has 0 aliphatic carbocycles. The quantitative estimate of drug-likeness (QED) is 0.652. The zero-order valence-corrected chi connectivity index (χ0v) is 18.0. The number of hydroxylamine groups is 1. The maximum Gasteiger partial charge on any atom is 0.430 e. The molecule has 7 nitrogen and oxygen atoms in total. The highest BCUT2D eigenvalue weighted by Crippen LogP contribution is 2.41. The van der Waals surface area contributed by atoms with E-state index in [0.717, 1.165) is 0 Å². The lowest BCUT2D eigenvalue weighted by Gasteiger charge is -2.42. The van der Waals surface area contributed by atoms with Crippen molar-refractivity contribution in [3.63, 3.8) is 0 Å². The highest BCUT2D eigenvalue weighted by atomic mass is 35.5. The summed E-state index contributed by atoms with van der Waals surface area (Å²) in [6.07, 6.45) is -0.720. The number of amides is 3. The van der Waals surface area contributed by atoms with Crippen molar-refractivity contribution in [2.75, 3.05) is 17.3 Å². The minimum atomic E-state index is -1.07. The van der Waals surface area contributed by atoms with Gasteiger partial charge in [-0.15, -0.1) is 5.48 Å². The van der Waals surface area contributed by atoms with Crippen molar-refractivity contribution in [3.8, 4) is 0 Å². The molecule has 1 heterocycles. The van der Waals surface area contributed by atoms with E-state index in [-0.39, 0.29) is 6.03 Å². The highest BCUT2D eigenvalue weighted by Gasteiger charge is 2.60. The number of urea groups is 1. The summed E-state index contributed by atoms with van der Waals surface area (Å²) in [6.45, 7) is 5.56. The first-order valence-electron chi connectivity index (χ1n) is 8.90. The molecule has 2 N–H and O–H groups in total. The molecule has 1 atom stereocenters. The number of benzene rings is 2. The predicted molar refractivity (Wildman–Crippen MR) is 114 cm³/mol. The molecular formula is C20H22Cl2N4O3. The zero-order chi connectivity index (χ0) is 21.4. The van der Waals surface area contributed by atoms with Crippen LogP contribution >= 0.6 is 23.2 Å². The van der Waals surface area contributed by atoms with Gasteiger partial charge in [0.15, 0.2) is 5.66 Å². The van der Waals surface area contributed by atoms with Crippen molar-refractivity contribution >= 4 is 46.7 Å². The van der Waals surface area contributed by atoms with E-state index in [2.05, 4.69) is 10.8 Å². The molecule has 2 aromatic carbocycles. The predicted octanol–water partition coefficient (Wildman–Crippen LogP) is 5.11. The molecule has 0 saturated carbocycles. The van der Waals surface area contributed by atoms with E-state index in [1.807, 2.05) is 13.8 Å². The number of hydrogen-bond donors (Lipinski definition) is 2. The van der Waals surface area contributed by atoms with Crippen molar-refractivity contribution in [1.29, 1.82) is 0 Å². The monoisotopic (exact) mass is 436 g/mol. The van der Waals surface area contributed by atoms with Crippen molar-refractivity contribution in [2.24, 2.45) is 0 Å². The standard InChI is InChI=1S/C20H22Cl2N4O3/c1-19(2)20(3,24-29-17(27)23-15-9-5-13(21)6-10-15)26(18(28)25(19)4)16-11-7-14(22)8-12-16/h5-12,24H,1-4H3,(H,23,27). The van der Waals surface area contributed by atoms with Gasteiger partial charge in [0.25, 0.3) is 0 Å². The first kappa shape index (κ1) is 21.2. The van der Waals surface area contributed by atoms with Crippen LogP contribution in [-0.2, 0) is 4.84 Å². The maximum absolute atomic E-state index is 13.0. The number of nitrogens with zero attached hydrogens (tertiary/aromatic N) is 2. The van der Waals surface area contributed by atoms with Crippen LogP contribution in [0.5, 0.6) is 0 Å². The number of hydrogen-bond acceptors (Lipinski definition) is 4. The smallest absolute Gasteiger partial charge is 0.351 e. The Labute approximate surface area is 179 Å². The fourth-order valence-corrected chi connectivity index (χ4v) is 3.38. The Morgan fingerprint density at radius 1 is 0.966 bits per heavy atom. The molecule has 9 heteroatoms. The van der Waals surface area contributed by atoms with Crippen molar-refractivity contribution in [1.82, 2.24) is 10.4 Å². The zero-order valence-electron chi connectivity index (χ0n) is 16.5. The summed E-state index contributed by atoms with van der Waals surface area (Å²) in [6, 6.07) is 13.3. The number of rotatable bonds is 4. The summed E-state index contributed by atoms with van der Waals surface area (Å²) in [7, 11) is 1.70. The van der Waals surface area contributed by atoms with Gasteiger partial charge in [-0.3, -0.25) is 10.2 Å². The second-order valence-electron chi connectivity index (χ2n) is 7.41. The average Bonchev–Trinajstić information content (AvgIpc) is 2.81. The third kappa shape index (κ3) is 3.85. The van der Waals surface area contributed by atoms with Gasteiger partial charge in [-0.25, -0.2) is 9.59 Å². The second-order valence-corrected chi connectivity index (χ2v) is 8.28. The summed E-state index contributed by atoms with van der Waals surface area (Å²) < 4.78 is 0. The molecule has 1 fully saturated rings. The molecular weight excluding hydrogens is 415 g/mol. The Kier molecular flexibility index (Phi) is 5.67. The van der Waals surface area contributed by atoms with Crippen molar-refractivity contribution in [3.05, 3.63) is 58.6 Å². The summed E-state index contributed by atoms with van der Waals surface area (Å²) in [5.41, 5.74) is 2.16. The van der Waals surface area contributed by atoms with Crippen LogP contribution in [0.25, 0.3) is 0 Å². The lowest BCUT2D eigenvalue weighted by atomic mass is 9.89. The van der Waals surface area contributed by atoms with Crippen LogP contribution < -0.4 is 15.7 Å². The molecule has 1 aliphatic heterocycles. The van der Waals surface area contributed by atoms with E-state index in [0.29, 0.717) is 21.4 Å². The number of nitrogens with one attached hydrogen (secondary N) is 2. The molecule has 0 bridgehead atoms. The van der Waals surface area contributed by atoms with Gasteiger partial charge in [-0.1, -0.05) is 23.2 Å².